The number of aryl methyl sites for hydroxylation is 1. The first-order chi connectivity index (χ1) is 16.0. The normalized spacial score (nSPS) is 15.8. The molecule has 2 aromatic carbocycles. The summed E-state index contributed by atoms with van der Waals surface area (Å²) in [5, 5.41) is 4.15. The second kappa shape index (κ2) is 9.90. The number of hydrogen-bond donors (Lipinski definition) is 2. The van der Waals surface area contributed by atoms with E-state index < -0.39 is 6.10 Å². The van der Waals surface area contributed by atoms with Gasteiger partial charge in [-0.05, 0) is 61.9 Å². The second-order valence-electron chi connectivity index (χ2n) is 8.59. The van der Waals surface area contributed by atoms with Crippen LogP contribution in [-0.4, -0.2) is 23.6 Å². The molecule has 2 N–H and O–H groups in total. The van der Waals surface area contributed by atoms with E-state index in [0.717, 1.165) is 36.9 Å². The Hall–Kier alpha value is -2.95. The van der Waals surface area contributed by atoms with Crippen molar-refractivity contribution in [3.8, 4) is 11.5 Å². The highest BCUT2D eigenvalue weighted by Crippen LogP contribution is 2.40. The minimum atomic E-state index is -0.553. The Bertz CT molecular complexity index is 1110. The van der Waals surface area contributed by atoms with Crippen LogP contribution in [0.3, 0.4) is 0 Å². The predicted octanol–water partition coefficient (Wildman–Crippen LogP) is 6.45. The molecule has 5 nitrogen and oxygen atoms in total. The highest BCUT2D eigenvalue weighted by atomic mass is 16.5. The Labute approximate surface area is 196 Å². The third kappa shape index (κ3) is 4.46. The monoisotopic (exact) mass is 446 g/mol. The smallest absolute Gasteiger partial charge is 0.265 e. The van der Waals surface area contributed by atoms with Gasteiger partial charge < -0.3 is 19.8 Å². The van der Waals surface area contributed by atoms with Crippen molar-refractivity contribution in [2.24, 2.45) is 0 Å². The highest BCUT2D eigenvalue weighted by molar-refractivity contribution is 5.97. The van der Waals surface area contributed by atoms with Crippen LogP contribution in [0.2, 0.25) is 0 Å². The van der Waals surface area contributed by atoms with Gasteiger partial charge in [-0.2, -0.15) is 0 Å². The average molecular weight is 447 g/mol. The molecule has 1 aliphatic heterocycles. The number of H-pyrrole nitrogens is 1. The molecule has 0 fully saturated rings. The van der Waals surface area contributed by atoms with Crippen molar-refractivity contribution in [2.75, 3.05) is 11.9 Å². The molecule has 0 aliphatic carbocycles. The number of carbonyl (C=O) groups excluding carboxylic acids is 1. The molecule has 0 spiro atoms. The summed E-state index contributed by atoms with van der Waals surface area (Å²) in [7, 11) is 0. The van der Waals surface area contributed by atoms with Crippen molar-refractivity contribution in [2.45, 2.75) is 71.3 Å². The quantitative estimate of drug-likeness (QED) is 0.376. The van der Waals surface area contributed by atoms with Gasteiger partial charge >= 0.3 is 0 Å². The molecule has 0 saturated heterocycles. The van der Waals surface area contributed by atoms with Crippen molar-refractivity contribution in [1.29, 1.82) is 0 Å². The molecule has 5 heteroatoms. The maximum Gasteiger partial charge on any atom is 0.265 e. The van der Waals surface area contributed by atoms with Gasteiger partial charge in [0.1, 0.15) is 11.5 Å². The maximum absolute atomic E-state index is 12.3. The number of fused-ring (bicyclic) bond motifs is 2. The van der Waals surface area contributed by atoms with Crippen LogP contribution in [0.5, 0.6) is 11.5 Å². The van der Waals surface area contributed by atoms with Gasteiger partial charge in [0.15, 0.2) is 6.10 Å². The lowest BCUT2D eigenvalue weighted by atomic mass is 9.74. The van der Waals surface area contributed by atoms with Crippen molar-refractivity contribution < 1.29 is 14.3 Å². The minimum absolute atomic E-state index is 0.0535. The third-order valence-corrected chi connectivity index (χ3v) is 6.79. The number of rotatable bonds is 10. The molecule has 1 atom stereocenters. The molecular formula is C28H34N2O3. The van der Waals surface area contributed by atoms with Crippen LogP contribution in [0.4, 0.5) is 5.69 Å². The first-order valence-corrected chi connectivity index (χ1v) is 12.1. The van der Waals surface area contributed by atoms with E-state index in [1.807, 2.05) is 30.3 Å². The summed E-state index contributed by atoms with van der Waals surface area (Å²) in [6.07, 6.45) is 7.59. The van der Waals surface area contributed by atoms with E-state index in [1.165, 1.54) is 16.6 Å². The van der Waals surface area contributed by atoms with Gasteiger partial charge in [0.2, 0.25) is 0 Å². The molecule has 3 aromatic rings. The molecule has 2 heterocycles. The van der Waals surface area contributed by atoms with E-state index in [9.17, 15) is 4.79 Å². The zero-order chi connectivity index (χ0) is 23.4. The first-order valence-electron chi connectivity index (χ1n) is 12.1. The number of hydrogen-bond acceptors (Lipinski definition) is 3. The number of amides is 1. The Balaban J connectivity index is 1.49. The lowest BCUT2D eigenvalue weighted by Crippen LogP contribution is -2.38. The zero-order valence-corrected chi connectivity index (χ0v) is 20.1. The number of aromatic amines is 1. The second-order valence-corrected chi connectivity index (χ2v) is 8.59. The Morgan fingerprint density at radius 3 is 2.61 bits per heavy atom. The van der Waals surface area contributed by atoms with E-state index >= 15 is 0 Å². The molecule has 4 rings (SSSR count). The fraction of sp³-hybridized carbons (Fsp3) is 0.429. The number of anilines is 1. The first kappa shape index (κ1) is 23.2. The lowest BCUT2D eigenvalue weighted by molar-refractivity contribution is -0.124. The van der Waals surface area contributed by atoms with Crippen LogP contribution in [0.1, 0.15) is 64.6 Å². The fourth-order valence-corrected chi connectivity index (χ4v) is 4.95. The fourth-order valence-electron chi connectivity index (χ4n) is 4.95. The Morgan fingerprint density at radius 1 is 1.09 bits per heavy atom. The lowest BCUT2D eigenvalue weighted by Gasteiger charge is -2.31. The molecular weight excluding hydrogens is 412 g/mol. The number of nitrogens with one attached hydrogen (secondary N) is 2. The van der Waals surface area contributed by atoms with Gasteiger partial charge in [-0.3, -0.25) is 4.79 Å². The number of ether oxygens (including phenoxy) is 2. The summed E-state index contributed by atoms with van der Waals surface area (Å²) in [6.45, 7) is 9.26. The molecule has 1 amide bonds. The SMILES string of the molecule is CC[C]C(CC)(CC)c1[nH]c2cc(OCCC3Oc4ccccc4NC3=O)ccc2c1CC. The van der Waals surface area contributed by atoms with E-state index in [0.29, 0.717) is 24.5 Å². The maximum atomic E-state index is 12.3. The summed E-state index contributed by atoms with van der Waals surface area (Å²) >= 11 is 0. The van der Waals surface area contributed by atoms with Gasteiger partial charge in [0.25, 0.3) is 5.91 Å². The van der Waals surface area contributed by atoms with Crippen molar-refractivity contribution in [3.05, 3.63) is 60.1 Å². The summed E-state index contributed by atoms with van der Waals surface area (Å²) in [5.41, 5.74) is 4.40. The van der Waals surface area contributed by atoms with Crippen molar-refractivity contribution in [3.63, 3.8) is 0 Å². The number of para-hydroxylation sites is 2. The highest BCUT2D eigenvalue weighted by Gasteiger charge is 2.32. The molecule has 1 aliphatic rings. The van der Waals surface area contributed by atoms with Crippen molar-refractivity contribution in [1.82, 2.24) is 4.98 Å². The summed E-state index contributed by atoms with van der Waals surface area (Å²) in [5.74, 6) is 1.36. The standard InChI is InChI=1S/C28H34N2O3/c1-5-16-28(7-3,8-4)26-20(6-2)21-14-13-19(18-23(21)29-26)32-17-15-25-27(31)30-22-11-9-10-12-24(22)33-25/h9-14,18,25,29H,5-8,15,17H2,1-4H3,(H,30,31). The van der Waals surface area contributed by atoms with Gasteiger partial charge in [-0.1, -0.05) is 39.8 Å². The molecule has 0 saturated carbocycles. The largest absolute Gasteiger partial charge is 0.493 e. The Morgan fingerprint density at radius 2 is 1.88 bits per heavy atom. The van der Waals surface area contributed by atoms with Crippen LogP contribution in [-0.2, 0) is 16.6 Å². The number of aromatic nitrogens is 1. The summed E-state index contributed by atoms with van der Waals surface area (Å²) < 4.78 is 11.9. The van der Waals surface area contributed by atoms with Gasteiger partial charge in [0.05, 0.1) is 12.3 Å². The Kier molecular flexibility index (Phi) is 6.96. The summed E-state index contributed by atoms with van der Waals surface area (Å²) in [6, 6.07) is 13.7. The van der Waals surface area contributed by atoms with Gasteiger partial charge in [-0.25, -0.2) is 0 Å². The van der Waals surface area contributed by atoms with Crippen LogP contribution in [0.25, 0.3) is 10.9 Å². The molecule has 174 valence electrons. The molecule has 1 unspecified atom stereocenters. The molecule has 33 heavy (non-hydrogen) atoms. The minimum Gasteiger partial charge on any atom is -0.493 e. The van der Waals surface area contributed by atoms with Crippen LogP contribution in [0, 0.1) is 6.42 Å². The molecule has 0 bridgehead atoms. The summed E-state index contributed by atoms with van der Waals surface area (Å²) in [4.78, 5) is 16.1. The third-order valence-electron chi connectivity index (χ3n) is 6.79. The van der Waals surface area contributed by atoms with E-state index in [1.54, 1.807) is 0 Å². The average Bonchev–Trinajstić information content (AvgIpc) is 3.21. The van der Waals surface area contributed by atoms with Gasteiger partial charge in [0, 0.05) is 34.5 Å². The topological polar surface area (TPSA) is 63.4 Å². The molecule has 1 aromatic heterocycles. The van der Waals surface area contributed by atoms with Crippen molar-refractivity contribution >= 4 is 22.5 Å². The number of carbonyl (C=O) groups is 1. The van der Waals surface area contributed by atoms with Crippen LogP contribution < -0.4 is 14.8 Å². The number of benzene rings is 2. The van der Waals surface area contributed by atoms with E-state index in [4.69, 9.17) is 9.47 Å². The van der Waals surface area contributed by atoms with Crippen LogP contribution >= 0.6 is 0 Å². The van der Waals surface area contributed by atoms with Crippen LogP contribution in [0.15, 0.2) is 42.5 Å². The van der Waals surface area contributed by atoms with E-state index in [2.05, 4.69) is 56.5 Å². The zero-order valence-electron chi connectivity index (χ0n) is 20.1. The van der Waals surface area contributed by atoms with Gasteiger partial charge in [-0.15, -0.1) is 0 Å². The van der Waals surface area contributed by atoms with E-state index in [-0.39, 0.29) is 11.3 Å². The molecule has 2 radical (unpaired) electrons. The predicted molar refractivity (Wildman–Crippen MR) is 133 cm³/mol.